The van der Waals surface area contributed by atoms with E-state index in [-0.39, 0.29) is 18.2 Å². The molecule has 1 saturated heterocycles. The zero-order valence-corrected chi connectivity index (χ0v) is 16.0. The highest BCUT2D eigenvalue weighted by molar-refractivity contribution is 6.31. The molecule has 27 heavy (non-hydrogen) atoms. The maximum Gasteiger partial charge on any atom is 0.320 e. The molecule has 4 rings (SSSR count). The van der Waals surface area contributed by atoms with Crippen LogP contribution in [0.2, 0.25) is 5.02 Å². The summed E-state index contributed by atoms with van der Waals surface area (Å²) in [6, 6.07) is 7.85. The van der Waals surface area contributed by atoms with Crippen LogP contribution in [0.25, 0.3) is 11.2 Å². The van der Waals surface area contributed by atoms with Crippen LogP contribution in [-0.2, 0) is 6.54 Å². The molecule has 2 aromatic heterocycles. The summed E-state index contributed by atoms with van der Waals surface area (Å²) in [6.07, 6.45) is 0.264. The molecule has 142 valence electrons. The van der Waals surface area contributed by atoms with E-state index in [0.717, 1.165) is 5.56 Å². The number of rotatable bonds is 5. The highest BCUT2D eigenvalue weighted by Crippen LogP contribution is 2.27. The van der Waals surface area contributed by atoms with Crippen molar-refractivity contribution in [2.45, 2.75) is 39.0 Å². The van der Waals surface area contributed by atoms with Crippen LogP contribution in [0.5, 0.6) is 6.01 Å². The fraction of sp³-hybridized carbons (Fsp3) is 0.444. The lowest BCUT2D eigenvalue weighted by molar-refractivity contribution is 0.198. The van der Waals surface area contributed by atoms with Gasteiger partial charge < -0.3 is 14.7 Å². The second-order valence-electron chi connectivity index (χ2n) is 6.88. The third-order valence-electron chi connectivity index (χ3n) is 4.33. The molecule has 9 heteroatoms. The first-order valence-corrected chi connectivity index (χ1v) is 9.33. The van der Waals surface area contributed by atoms with Gasteiger partial charge in [-0.2, -0.15) is 14.8 Å². The van der Waals surface area contributed by atoms with Gasteiger partial charge in [0, 0.05) is 18.1 Å². The number of anilines is 1. The van der Waals surface area contributed by atoms with Crippen molar-refractivity contribution < 1.29 is 9.84 Å². The van der Waals surface area contributed by atoms with E-state index in [1.165, 1.54) is 0 Å². The number of fused-ring (bicyclic) bond motifs is 1. The normalized spacial score (nSPS) is 17.2. The van der Waals surface area contributed by atoms with Crippen molar-refractivity contribution in [3.63, 3.8) is 0 Å². The van der Waals surface area contributed by atoms with Crippen molar-refractivity contribution in [3.05, 3.63) is 34.9 Å². The van der Waals surface area contributed by atoms with E-state index in [1.54, 1.807) is 4.80 Å². The van der Waals surface area contributed by atoms with Crippen LogP contribution in [0.4, 0.5) is 5.82 Å². The van der Waals surface area contributed by atoms with Crippen molar-refractivity contribution >= 4 is 28.6 Å². The predicted octanol–water partition coefficient (Wildman–Crippen LogP) is 2.28. The van der Waals surface area contributed by atoms with Gasteiger partial charge in [0.1, 0.15) is 0 Å². The molecule has 1 aromatic carbocycles. The summed E-state index contributed by atoms with van der Waals surface area (Å²) in [5.41, 5.74) is 1.97. The maximum absolute atomic E-state index is 9.91. The Morgan fingerprint density at radius 1 is 1.26 bits per heavy atom. The third-order valence-corrected chi connectivity index (χ3v) is 4.69. The largest absolute Gasteiger partial charge is 0.461 e. The zero-order valence-electron chi connectivity index (χ0n) is 15.2. The lowest BCUT2D eigenvalue weighted by atomic mass is 10.2. The third kappa shape index (κ3) is 3.81. The molecule has 1 fully saturated rings. The van der Waals surface area contributed by atoms with E-state index in [9.17, 15) is 5.11 Å². The number of benzene rings is 1. The summed E-state index contributed by atoms with van der Waals surface area (Å²) in [4.78, 5) is 12.5. The average molecular weight is 389 g/mol. The highest BCUT2D eigenvalue weighted by atomic mass is 35.5. The predicted molar refractivity (Wildman–Crippen MR) is 102 cm³/mol. The molecule has 1 aliphatic heterocycles. The van der Waals surface area contributed by atoms with Crippen molar-refractivity contribution in [3.8, 4) is 6.01 Å². The van der Waals surface area contributed by atoms with Gasteiger partial charge in [-0.1, -0.05) is 29.8 Å². The summed E-state index contributed by atoms with van der Waals surface area (Å²) in [5.74, 6) is 0.637. The fourth-order valence-corrected chi connectivity index (χ4v) is 3.28. The fourth-order valence-electron chi connectivity index (χ4n) is 3.09. The Morgan fingerprint density at radius 3 is 2.78 bits per heavy atom. The van der Waals surface area contributed by atoms with Gasteiger partial charge in [0.05, 0.1) is 18.8 Å². The number of ether oxygens (including phenoxy) is 1. The molecule has 3 heterocycles. The van der Waals surface area contributed by atoms with Crippen LogP contribution < -0.4 is 9.64 Å². The Kier molecular flexibility index (Phi) is 4.84. The smallest absolute Gasteiger partial charge is 0.320 e. The van der Waals surface area contributed by atoms with Gasteiger partial charge in [0.25, 0.3) is 0 Å². The molecule has 0 unspecified atom stereocenters. The molecular formula is C18H21ClN6O2. The van der Waals surface area contributed by atoms with Crippen molar-refractivity contribution in [1.82, 2.24) is 25.0 Å². The Balaban J connectivity index is 1.75. The van der Waals surface area contributed by atoms with Gasteiger partial charge in [-0.05, 0) is 31.9 Å². The maximum atomic E-state index is 9.91. The van der Waals surface area contributed by atoms with E-state index < -0.39 is 0 Å². The summed E-state index contributed by atoms with van der Waals surface area (Å²) in [6.45, 7) is 5.47. The molecule has 8 nitrogen and oxygen atoms in total. The summed E-state index contributed by atoms with van der Waals surface area (Å²) < 4.78 is 5.69. The van der Waals surface area contributed by atoms with Crippen LogP contribution in [0, 0.1) is 0 Å². The van der Waals surface area contributed by atoms with Gasteiger partial charge in [-0.3, -0.25) is 0 Å². The van der Waals surface area contributed by atoms with Crippen molar-refractivity contribution in [1.29, 1.82) is 0 Å². The number of aliphatic hydroxyl groups excluding tert-OH is 1. The Bertz CT molecular complexity index is 960. The quantitative estimate of drug-likeness (QED) is 0.717. The van der Waals surface area contributed by atoms with Crippen LogP contribution in [0.15, 0.2) is 24.3 Å². The van der Waals surface area contributed by atoms with Crippen LogP contribution in [0.3, 0.4) is 0 Å². The first-order valence-electron chi connectivity index (χ1n) is 8.95. The first kappa shape index (κ1) is 17.9. The molecule has 1 aliphatic rings. The standard InChI is InChI=1S/C18H21ClN6O2/c1-11(2)27-18-20-16-15(17(21-18)24-8-7-13(26)10-24)22-25(23-16)9-12-5-3-4-6-14(12)19/h3-6,11,13,26H,7-10H2,1-2H3/t13-/m0/s1. The SMILES string of the molecule is CC(C)Oc1nc(N2CC[C@H](O)C2)c2nn(Cc3ccccc3Cl)nc2n1. The van der Waals surface area contributed by atoms with Gasteiger partial charge in [-0.15, -0.1) is 10.2 Å². The Morgan fingerprint density at radius 2 is 2.07 bits per heavy atom. The van der Waals surface area contributed by atoms with E-state index >= 15 is 0 Å². The van der Waals surface area contributed by atoms with Gasteiger partial charge in [-0.25, -0.2) is 0 Å². The lowest BCUT2D eigenvalue weighted by Crippen LogP contribution is -2.23. The number of hydrogen-bond donors (Lipinski definition) is 1. The molecule has 1 N–H and O–H groups in total. The number of aliphatic hydroxyl groups is 1. The first-order chi connectivity index (χ1) is 13.0. The summed E-state index contributed by atoms with van der Waals surface area (Å²) in [5, 5.41) is 19.6. The number of hydrogen-bond acceptors (Lipinski definition) is 7. The Labute approximate surface area is 161 Å². The van der Waals surface area contributed by atoms with E-state index in [1.807, 2.05) is 43.0 Å². The minimum Gasteiger partial charge on any atom is -0.461 e. The number of halogens is 1. The molecule has 1 atom stereocenters. The molecule has 0 radical (unpaired) electrons. The Hall–Kier alpha value is -2.45. The number of β-amino-alcohol motifs (C(OH)–C–C–N with tert-alkyl or cyclic N) is 1. The average Bonchev–Trinajstić information content (AvgIpc) is 3.21. The van der Waals surface area contributed by atoms with Crippen molar-refractivity contribution in [2.75, 3.05) is 18.0 Å². The second-order valence-corrected chi connectivity index (χ2v) is 7.29. The lowest BCUT2D eigenvalue weighted by Gasteiger charge is -2.17. The molecule has 0 spiro atoms. The van der Waals surface area contributed by atoms with Gasteiger partial charge in [0.15, 0.2) is 11.3 Å². The van der Waals surface area contributed by atoms with E-state index in [0.29, 0.717) is 48.1 Å². The van der Waals surface area contributed by atoms with E-state index in [2.05, 4.69) is 20.2 Å². The minimum atomic E-state index is -0.373. The highest BCUT2D eigenvalue weighted by Gasteiger charge is 2.26. The molecule has 0 amide bonds. The van der Waals surface area contributed by atoms with Crippen LogP contribution in [0.1, 0.15) is 25.8 Å². The van der Waals surface area contributed by atoms with Gasteiger partial charge in [0.2, 0.25) is 5.65 Å². The molecule has 0 aliphatic carbocycles. The monoisotopic (exact) mass is 388 g/mol. The summed E-state index contributed by atoms with van der Waals surface area (Å²) in [7, 11) is 0. The zero-order chi connectivity index (χ0) is 19.0. The van der Waals surface area contributed by atoms with Crippen molar-refractivity contribution in [2.24, 2.45) is 0 Å². The topological polar surface area (TPSA) is 89.2 Å². The molecular weight excluding hydrogens is 368 g/mol. The van der Waals surface area contributed by atoms with E-state index in [4.69, 9.17) is 16.3 Å². The molecule has 3 aromatic rings. The molecule has 0 bridgehead atoms. The van der Waals surface area contributed by atoms with Gasteiger partial charge >= 0.3 is 6.01 Å². The number of aromatic nitrogens is 5. The summed E-state index contributed by atoms with van der Waals surface area (Å²) >= 11 is 6.25. The number of nitrogens with zero attached hydrogens (tertiary/aromatic N) is 6. The minimum absolute atomic E-state index is 0.0577. The molecule has 0 saturated carbocycles. The van der Waals surface area contributed by atoms with Crippen LogP contribution >= 0.6 is 11.6 Å². The second kappa shape index (κ2) is 7.28. The van der Waals surface area contributed by atoms with Crippen LogP contribution in [-0.4, -0.2) is 55.4 Å².